The van der Waals surface area contributed by atoms with Gasteiger partial charge in [-0.1, -0.05) is 82.8 Å². The Bertz CT molecular complexity index is 678. The molecule has 0 radical (unpaired) electrons. The van der Waals surface area contributed by atoms with Crippen molar-refractivity contribution in [2.75, 3.05) is 0 Å². The molecule has 2 fully saturated rings. The van der Waals surface area contributed by atoms with Gasteiger partial charge < -0.3 is 4.74 Å². The first-order chi connectivity index (χ1) is 11.1. The van der Waals surface area contributed by atoms with E-state index < -0.39 is 37.9 Å². The molecule has 1 aliphatic heterocycles. The van der Waals surface area contributed by atoms with E-state index in [1.165, 1.54) is 0 Å². The van der Waals surface area contributed by atoms with Crippen molar-refractivity contribution in [1.29, 1.82) is 0 Å². The third-order valence-corrected chi connectivity index (χ3v) is 8.57. The molecule has 9 heteroatoms. The first kappa shape index (κ1) is 18.6. The number of fused-ring (bicyclic) bond motifs is 5. The zero-order valence-corrected chi connectivity index (χ0v) is 16.1. The highest BCUT2D eigenvalue weighted by atomic mass is 35.5. The molecule has 0 amide bonds. The lowest BCUT2D eigenvalue weighted by Gasteiger charge is -2.32. The quantitative estimate of drug-likeness (QED) is 0.324. The first-order valence-corrected chi connectivity index (χ1v) is 8.96. The van der Waals surface area contributed by atoms with Crippen LogP contribution in [0, 0.1) is 11.8 Å². The number of ether oxygens (including phenoxy) is 1. The van der Waals surface area contributed by atoms with Crippen LogP contribution in [0.15, 0.2) is 46.5 Å². The summed E-state index contributed by atoms with van der Waals surface area (Å²) in [6.45, 7) is 0. The highest BCUT2D eigenvalue weighted by molar-refractivity contribution is 6.66. The maximum Gasteiger partial charge on any atom is 0.319 e. The highest BCUT2D eigenvalue weighted by Crippen LogP contribution is 2.77. The summed E-state index contributed by atoms with van der Waals surface area (Å²) in [5.41, 5.74) is 0. The molecule has 24 heavy (non-hydrogen) atoms. The molecule has 3 nitrogen and oxygen atoms in total. The fourth-order valence-electron chi connectivity index (χ4n) is 3.19. The Balaban J connectivity index is 0.000000238. The van der Waals surface area contributed by atoms with Crippen LogP contribution in [0.4, 0.5) is 0 Å². The summed E-state index contributed by atoms with van der Waals surface area (Å²) in [6.07, 6.45) is 0. The molecule has 0 N–H and O–H groups in total. The summed E-state index contributed by atoms with van der Waals surface area (Å²) >= 11 is 36.9. The average molecular weight is 449 g/mol. The summed E-state index contributed by atoms with van der Waals surface area (Å²) in [6, 6.07) is 12.0. The van der Waals surface area contributed by atoms with Gasteiger partial charge in [0.2, 0.25) is 0 Å². The van der Waals surface area contributed by atoms with Crippen LogP contribution in [-0.4, -0.2) is 26.0 Å². The molecule has 0 spiro atoms. The predicted octanol–water partition coefficient (Wildman–Crippen LogP) is 4.83. The molecule has 3 aliphatic rings. The molecule has 4 rings (SSSR count). The van der Waals surface area contributed by atoms with E-state index in [0.29, 0.717) is 0 Å². The van der Waals surface area contributed by atoms with Gasteiger partial charge in [0.25, 0.3) is 0 Å². The second kappa shape index (κ2) is 5.94. The standard InChI is InChI=1S/C9H2Cl6O3.C6H6/c10-3-4(11)8(13)2-1(5(16)18-6(2)17)7(3,12)9(8,14)15;1-2-4-6-5-3-1/h1-2H;1-6H. The summed E-state index contributed by atoms with van der Waals surface area (Å²) in [5, 5.41) is -0.252. The molecular weight excluding hydrogens is 441 g/mol. The van der Waals surface area contributed by atoms with Gasteiger partial charge in [-0.3, -0.25) is 9.59 Å². The van der Waals surface area contributed by atoms with Crippen LogP contribution in [-0.2, 0) is 14.3 Å². The van der Waals surface area contributed by atoms with Crippen molar-refractivity contribution in [3.05, 3.63) is 46.5 Å². The normalized spacial score (nSPS) is 38.6. The SMILES string of the molecule is O=C1OC(=O)C2C1C1(Cl)C(Cl)=C(Cl)C2(Cl)C1(Cl)Cl.c1ccccc1. The summed E-state index contributed by atoms with van der Waals surface area (Å²) in [5.74, 6) is -3.99. The third-order valence-electron chi connectivity index (χ3n) is 4.31. The molecule has 1 saturated heterocycles. The van der Waals surface area contributed by atoms with Gasteiger partial charge in [-0.05, 0) is 0 Å². The summed E-state index contributed by atoms with van der Waals surface area (Å²) in [7, 11) is 0. The van der Waals surface area contributed by atoms with Crippen LogP contribution >= 0.6 is 69.6 Å². The Morgan fingerprint density at radius 3 is 1.29 bits per heavy atom. The molecule has 0 aromatic heterocycles. The topological polar surface area (TPSA) is 43.4 Å². The van der Waals surface area contributed by atoms with Gasteiger partial charge in [-0.25, -0.2) is 0 Å². The first-order valence-electron chi connectivity index (χ1n) is 6.69. The van der Waals surface area contributed by atoms with Crippen molar-refractivity contribution in [1.82, 2.24) is 0 Å². The van der Waals surface area contributed by atoms with Crippen molar-refractivity contribution < 1.29 is 14.3 Å². The number of alkyl halides is 4. The van der Waals surface area contributed by atoms with Crippen LogP contribution in [0.1, 0.15) is 0 Å². The van der Waals surface area contributed by atoms with Gasteiger partial charge >= 0.3 is 11.9 Å². The minimum atomic E-state index is -1.89. The summed E-state index contributed by atoms with van der Waals surface area (Å²) < 4.78 is 2.63. The number of cyclic esters (lactones) is 2. The number of halogens is 6. The molecule has 1 saturated carbocycles. The molecule has 2 aliphatic carbocycles. The van der Waals surface area contributed by atoms with E-state index in [-0.39, 0.29) is 10.1 Å². The molecular formula is C15H8Cl6O3. The van der Waals surface area contributed by atoms with E-state index in [0.717, 1.165) is 0 Å². The number of allylic oxidation sites excluding steroid dienone is 2. The Kier molecular flexibility index (Phi) is 4.61. The molecule has 4 unspecified atom stereocenters. The molecule has 4 atom stereocenters. The van der Waals surface area contributed by atoms with Crippen molar-refractivity contribution in [3.63, 3.8) is 0 Å². The lowest BCUT2D eigenvalue weighted by molar-refractivity contribution is -0.154. The fourth-order valence-corrected chi connectivity index (χ4v) is 6.11. The van der Waals surface area contributed by atoms with Gasteiger partial charge in [0.05, 0.1) is 10.1 Å². The van der Waals surface area contributed by atoms with Crippen molar-refractivity contribution in [3.8, 4) is 0 Å². The average Bonchev–Trinajstić information content (AvgIpc) is 2.97. The Hall–Kier alpha value is -0.160. The van der Waals surface area contributed by atoms with Crippen LogP contribution in [0.5, 0.6) is 0 Å². The largest absolute Gasteiger partial charge is 0.393 e. The van der Waals surface area contributed by atoms with E-state index >= 15 is 0 Å². The third kappa shape index (κ3) is 2.06. The molecule has 1 heterocycles. The van der Waals surface area contributed by atoms with Crippen LogP contribution in [0.2, 0.25) is 0 Å². The van der Waals surface area contributed by atoms with Gasteiger partial charge in [-0.15, -0.1) is 23.2 Å². The number of hydrogen-bond donors (Lipinski definition) is 0. The van der Waals surface area contributed by atoms with E-state index in [4.69, 9.17) is 69.6 Å². The second-order valence-electron chi connectivity index (χ2n) is 5.48. The lowest BCUT2D eigenvalue weighted by atomic mass is 9.84. The number of esters is 2. The Morgan fingerprint density at radius 2 is 1.00 bits per heavy atom. The van der Waals surface area contributed by atoms with Gasteiger partial charge in [0.15, 0.2) is 4.33 Å². The van der Waals surface area contributed by atoms with E-state index in [1.807, 2.05) is 36.4 Å². The van der Waals surface area contributed by atoms with Crippen molar-refractivity contribution >= 4 is 81.5 Å². The zero-order chi connectivity index (χ0) is 17.9. The minimum Gasteiger partial charge on any atom is -0.393 e. The zero-order valence-electron chi connectivity index (χ0n) is 11.6. The van der Waals surface area contributed by atoms with Gasteiger partial charge in [-0.2, -0.15) is 0 Å². The highest BCUT2D eigenvalue weighted by Gasteiger charge is 2.87. The Labute approximate surface area is 167 Å². The molecule has 128 valence electrons. The lowest BCUT2D eigenvalue weighted by Crippen LogP contribution is -2.47. The molecule has 1 aromatic carbocycles. The monoisotopic (exact) mass is 446 g/mol. The van der Waals surface area contributed by atoms with Crippen LogP contribution in [0.25, 0.3) is 0 Å². The smallest absolute Gasteiger partial charge is 0.319 e. The van der Waals surface area contributed by atoms with Gasteiger partial charge in [0.1, 0.15) is 21.6 Å². The Morgan fingerprint density at radius 1 is 0.708 bits per heavy atom. The predicted molar refractivity (Wildman–Crippen MR) is 94.9 cm³/mol. The number of benzene rings is 1. The summed E-state index contributed by atoms with van der Waals surface area (Å²) in [4.78, 5) is 19.9. The fraction of sp³-hybridized carbons (Fsp3) is 0.333. The van der Waals surface area contributed by atoms with E-state index in [9.17, 15) is 9.59 Å². The van der Waals surface area contributed by atoms with Crippen molar-refractivity contribution in [2.24, 2.45) is 11.8 Å². The second-order valence-corrected chi connectivity index (χ2v) is 8.75. The number of carbonyl (C=O) groups is 2. The van der Waals surface area contributed by atoms with E-state index in [1.54, 1.807) is 0 Å². The maximum absolute atomic E-state index is 11.7. The molecule has 2 bridgehead atoms. The van der Waals surface area contributed by atoms with E-state index in [2.05, 4.69) is 4.74 Å². The van der Waals surface area contributed by atoms with Crippen LogP contribution in [0.3, 0.4) is 0 Å². The minimum absolute atomic E-state index is 0.126. The van der Waals surface area contributed by atoms with Crippen molar-refractivity contribution in [2.45, 2.75) is 14.1 Å². The number of carbonyl (C=O) groups excluding carboxylic acids is 2. The number of hydrogen-bond acceptors (Lipinski definition) is 3. The van der Waals surface area contributed by atoms with Crippen LogP contribution < -0.4 is 0 Å². The van der Waals surface area contributed by atoms with Gasteiger partial charge in [0, 0.05) is 0 Å². The number of rotatable bonds is 0. The molecule has 1 aromatic rings. The maximum atomic E-state index is 11.7.